The molecule has 33 heavy (non-hydrogen) atoms. The summed E-state index contributed by atoms with van der Waals surface area (Å²) in [6.45, 7) is 6.29. The predicted octanol–water partition coefficient (Wildman–Crippen LogP) is 7.65. The van der Waals surface area contributed by atoms with Crippen LogP contribution in [0.1, 0.15) is 76.3 Å². The van der Waals surface area contributed by atoms with Gasteiger partial charge in [-0.05, 0) is 98.9 Å². The van der Waals surface area contributed by atoms with Gasteiger partial charge < -0.3 is 4.74 Å². The van der Waals surface area contributed by atoms with Crippen molar-refractivity contribution in [3.63, 3.8) is 0 Å². The molecule has 4 atom stereocenters. The summed E-state index contributed by atoms with van der Waals surface area (Å²) in [5.41, 5.74) is 0.573. The van der Waals surface area contributed by atoms with Crippen molar-refractivity contribution in [3.05, 3.63) is 58.9 Å². The summed E-state index contributed by atoms with van der Waals surface area (Å²) in [5.74, 6) is 0.677. The Bertz CT molecular complexity index is 1070. The smallest absolute Gasteiger partial charge is 0.222 e. The molecule has 0 amide bonds. The molecule has 2 aliphatic carbocycles. The Morgan fingerprint density at radius 1 is 0.879 bits per heavy atom. The van der Waals surface area contributed by atoms with Crippen LogP contribution in [-0.4, -0.2) is 18.0 Å². The fourth-order valence-corrected chi connectivity index (χ4v) is 6.09. The molecule has 2 saturated carbocycles. The number of rotatable bonds is 3. The van der Waals surface area contributed by atoms with Crippen molar-refractivity contribution in [1.82, 2.24) is 0 Å². The Morgan fingerprint density at radius 3 is 2.24 bits per heavy atom. The number of hydrogen-bond acceptors (Lipinski definition) is 2. The molecule has 5 heteroatoms. The minimum atomic E-state index is -0.797. The molecule has 0 radical (unpaired) electrons. The fraction of sp³-hybridized carbons (Fsp3) is 0.536. The van der Waals surface area contributed by atoms with Gasteiger partial charge in [-0.3, -0.25) is 0 Å². The lowest BCUT2D eigenvalue weighted by Crippen LogP contribution is -2.29. The third-order valence-corrected chi connectivity index (χ3v) is 7.87. The number of fused-ring (bicyclic) bond motifs is 1. The Kier molecular flexibility index (Phi) is 5.78. The molecule has 0 saturated heterocycles. The molecule has 1 unspecified atom stereocenters. The number of ether oxygens (including phenoxy) is 1. The first kappa shape index (κ1) is 22.5. The van der Waals surface area contributed by atoms with Crippen molar-refractivity contribution in [2.45, 2.75) is 70.8 Å². The van der Waals surface area contributed by atoms with Crippen LogP contribution >= 0.6 is 0 Å². The van der Waals surface area contributed by atoms with E-state index in [1.54, 1.807) is 12.1 Å². The highest BCUT2D eigenvalue weighted by Gasteiger charge is 2.35. The van der Waals surface area contributed by atoms with Crippen LogP contribution < -0.4 is 0 Å². The average Bonchev–Trinajstić information content (AvgIpc) is 3.11. The number of hydrogen-bond donors (Lipinski definition) is 0. The van der Waals surface area contributed by atoms with Crippen molar-refractivity contribution < 1.29 is 17.9 Å². The third kappa shape index (κ3) is 4.43. The first-order chi connectivity index (χ1) is 15.7. The second kappa shape index (κ2) is 8.48. The van der Waals surface area contributed by atoms with Crippen molar-refractivity contribution in [1.29, 1.82) is 0 Å². The van der Waals surface area contributed by atoms with Gasteiger partial charge in [-0.15, -0.1) is 0 Å². The van der Waals surface area contributed by atoms with E-state index in [1.165, 1.54) is 37.8 Å². The molecule has 1 aliphatic heterocycles. The van der Waals surface area contributed by atoms with Gasteiger partial charge in [0.25, 0.3) is 0 Å². The van der Waals surface area contributed by atoms with Crippen LogP contribution in [0.4, 0.5) is 13.2 Å². The van der Waals surface area contributed by atoms with E-state index in [1.807, 2.05) is 19.9 Å². The highest BCUT2D eigenvalue weighted by molar-refractivity contribution is 5.96. The van der Waals surface area contributed by atoms with Gasteiger partial charge in [0.15, 0.2) is 0 Å². The summed E-state index contributed by atoms with van der Waals surface area (Å²) < 4.78 is 50.3. The van der Waals surface area contributed by atoms with Crippen LogP contribution in [0, 0.1) is 35.2 Å². The van der Waals surface area contributed by atoms with Crippen LogP contribution in [0.2, 0.25) is 0 Å². The average molecular weight is 456 g/mol. The van der Waals surface area contributed by atoms with E-state index in [4.69, 9.17) is 4.74 Å². The maximum absolute atomic E-state index is 15.1. The van der Waals surface area contributed by atoms with E-state index < -0.39 is 23.0 Å². The largest absolute Gasteiger partial charge is 0.475 e. The Morgan fingerprint density at radius 2 is 1.58 bits per heavy atom. The molecule has 0 spiro atoms. The zero-order chi connectivity index (χ0) is 23.3. The molecule has 176 valence electrons. The zero-order valence-corrected chi connectivity index (χ0v) is 19.6. The lowest BCUT2D eigenvalue weighted by Gasteiger charge is -2.41. The monoisotopic (exact) mass is 455 g/mol. The Balaban J connectivity index is 1.38. The standard InChI is InChI=1S/C28H32F3NO/c1-16-4-5-18-11-19(7-6-17(18)10-16)20-8-9-22(23(29)12-20)21-13-24(30)26(25(31)14-21)27-32-28(2,3)15-33-27/h8-9,12-14,16-19H,4-7,10-11,15H2,1-3H3/t16?,17-,18-,19-/m1/s1. The summed E-state index contributed by atoms with van der Waals surface area (Å²) in [6.07, 6.45) is 7.31. The molecule has 2 aromatic carbocycles. The molecule has 0 bridgehead atoms. The summed E-state index contributed by atoms with van der Waals surface area (Å²) in [4.78, 5) is 4.27. The van der Waals surface area contributed by atoms with Gasteiger partial charge in [-0.1, -0.05) is 25.5 Å². The van der Waals surface area contributed by atoms with Gasteiger partial charge in [0, 0.05) is 5.56 Å². The van der Waals surface area contributed by atoms with Crippen molar-refractivity contribution >= 4 is 5.90 Å². The summed E-state index contributed by atoms with van der Waals surface area (Å²) in [7, 11) is 0. The van der Waals surface area contributed by atoms with Crippen molar-refractivity contribution in [3.8, 4) is 11.1 Å². The van der Waals surface area contributed by atoms with Crippen LogP contribution in [0.5, 0.6) is 0 Å². The lowest BCUT2D eigenvalue weighted by atomic mass is 9.64. The molecule has 5 rings (SSSR count). The minimum Gasteiger partial charge on any atom is -0.475 e. The highest BCUT2D eigenvalue weighted by atomic mass is 19.1. The molecule has 0 N–H and O–H groups in total. The maximum Gasteiger partial charge on any atom is 0.222 e. The van der Waals surface area contributed by atoms with Gasteiger partial charge in [0.05, 0.1) is 5.54 Å². The topological polar surface area (TPSA) is 21.6 Å². The third-order valence-electron chi connectivity index (χ3n) is 7.87. The first-order valence-corrected chi connectivity index (χ1v) is 12.2. The number of halogens is 3. The number of nitrogens with zero attached hydrogens (tertiary/aromatic N) is 1. The van der Waals surface area contributed by atoms with E-state index >= 15 is 4.39 Å². The van der Waals surface area contributed by atoms with Gasteiger partial charge in [0.2, 0.25) is 5.90 Å². The Hall–Kier alpha value is -2.30. The number of aliphatic imine (C=N–C) groups is 1. The van der Waals surface area contributed by atoms with E-state index in [2.05, 4.69) is 11.9 Å². The quantitative estimate of drug-likeness (QED) is 0.466. The van der Waals surface area contributed by atoms with Crippen LogP contribution in [0.3, 0.4) is 0 Å². The van der Waals surface area contributed by atoms with E-state index in [0.29, 0.717) is 5.92 Å². The molecule has 2 fully saturated rings. The SMILES string of the molecule is CC1CC[C@@H]2C[C@H](c3ccc(-c4cc(F)c(C5=NC(C)(C)CO5)c(F)c4)c(F)c3)CC[C@@H]2C1. The summed E-state index contributed by atoms with van der Waals surface area (Å²) >= 11 is 0. The fourth-order valence-electron chi connectivity index (χ4n) is 6.09. The van der Waals surface area contributed by atoms with E-state index in [-0.39, 0.29) is 29.2 Å². The molecule has 2 nitrogen and oxygen atoms in total. The lowest BCUT2D eigenvalue weighted by molar-refractivity contribution is 0.124. The molecular formula is C28H32F3NO. The zero-order valence-electron chi connectivity index (χ0n) is 19.6. The first-order valence-electron chi connectivity index (χ1n) is 12.2. The normalized spacial score (nSPS) is 28.7. The molecule has 2 aromatic rings. The van der Waals surface area contributed by atoms with Crippen molar-refractivity contribution in [2.75, 3.05) is 6.61 Å². The second-order valence-corrected chi connectivity index (χ2v) is 11.0. The predicted molar refractivity (Wildman–Crippen MR) is 125 cm³/mol. The van der Waals surface area contributed by atoms with Gasteiger partial charge in [-0.2, -0.15) is 0 Å². The van der Waals surface area contributed by atoms with Gasteiger partial charge in [0.1, 0.15) is 29.6 Å². The van der Waals surface area contributed by atoms with Crippen molar-refractivity contribution in [2.24, 2.45) is 22.7 Å². The molecule has 3 aliphatic rings. The number of benzene rings is 2. The van der Waals surface area contributed by atoms with Gasteiger partial charge in [-0.25, -0.2) is 18.2 Å². The Labute approximate surface area is 194 Å². The van der Waals surface area contributed by atoms with E-state index in [0.717, 1.165) is 36.2 Å². The molecule has 1 heterocycles. The second-order valence-electron chi connectivity index (χ2n) is 11.0. The summed E-state index contributed by atoms with van der Waals surface area (Å²) in [6, 6.07) is 7.51. The molecular weight excluding hydrogens is 423 g/mol. The van der Waals surface area contributed by atoms with E-state index in [9.17, 15) is 8.78 Å². The van der Waals surface area contributed by atoms with Crippen LogP contribution in [-0.2, 0) is 4.74 Å². The minimum absolute atomic E-state index is 0.0370. The maximum atomic E-state index is 15.1. The van der Waals surface area contributed by atoms with Crippen LogP contribution in [0.15, 0.2) is 35.3 Å². The summed E-state index contributed by atoms with van der Waals surface area (Å²) in [5, 5.41) is 0. The highest BCUT2D eigenvalue weighted by Crippen LogP contribution is 2.47. The van der Waals surface area contributed by atoms with Crippen LogP contribution in [0.25, 0.3) is 11.1 Å². The van der Waals surface area contributed by atoms with Gasteiger partial charge >= 0.3 is 0 Å². The molecule has 0 aromatic heterocycles.